The van der Waals surface area contributed by atoms with Crippen molar-refractivity contribution in [2.24, 2.45) is 5.92 Å². The standard InChI is InChI=1S/C21H21FN2O4S/c1-29-18-4-2-3-17(10-18)24-12-15(9-20(24)26)21(27)28-13-19(25)23-11-14-5-7-16(22)8-6-14/h2-8,10,15H,9,11-13H2,1H3,(H,23,25)/t15-/m0/s1. The van der Waals surface area contributed by atoms with Crippen LogP contribution in [0.2, 0.25) is 0 Å². The van der Waals surface area contributed by atoms with E-state index < -0.39 is 24.4 Å². The van der Waals surface area contributed by atoms with Crippen molar-refractivity contribution >= 4 is 35.2 Å². The number of hydrogen-bond acceptors (Lipinski definition) is 5. The Bertz CT molecular complexity index is 904. The molecule has 0 spiro atoms. The average molecular weight is 416 g/mol. The summed E-state index contributed by atoms with van der Waals surface area (Å²) in [5.74, 6) is -2.14. The fourth-order valence-electron chi connectivity index (χ4n) is 3.00. The maximum Gasteiger partial charge on any atom is 0.311 e. The molecule has 1 atom stereocenters. The van der Waals surface area contributed by atoms with E-state index in [1.165, 1.54) is 12.1 Å². The van der Waals surface area contributed by atoms with E-state index in [-0.39, 0.29) is 31.2 Å². The molecule has 8 heteroatoms. The van der Waals surface area contributed by atoms with Crippen LogP contribution >= 0.6 is 11.8 Å². The zero-order valence-corrected chi connectivity index (χ0v) is 16.7. The van der Waals surface area contributed by atoms with Gasteiger partial charge in [0.05, 0.1) is 5.92 Å². The first-order valence-corrected chi connectivity index (χ1v) is 10.3. The van der Waals surface area contributed by atoms with Crippen LogP contribution in [0.25, 0.3) is 0 Å². The smallest absolute Gasteiger partial charge is 0.311 e. The molecule has 1 aliphatic rings. The lowest BCUT2D eigenvalue weighted by molar-refractivity contribution is -0.152. The number of amides is 2. The van der Waals surface area contributed by atoms with Gasteiger partial charge < -0.3 is 15.0 Å². The van der Waals surface area contributed by atoms with Gasteiger partial charge in [0.25, 0.3) is 5.91 Å². The van der Waals surface area contributed by atoms with Gasteiger partial charge in [0.1, 0.15) is 5.82 Å². The lowest BCUT2D eigenvalue weighted by atomic mass is 10.1. The Balaban J connectivity index is 1.47. The number of rotatable bonds is 7. The molecule has 2 aromatic carbocycles. The minimum atomic E-state index is -0.606. The van der Waals surface area contributed by atoms with Crippen molar-refractivity contribution in [1.82, 2.24) is 5.32 Å². The van der Waals surface area contributed by atoms with E-state index in [4.69, 9.17) is 4.74 Å². The molecule has 0 unspecified atom stereocenters. The minimum Gasteiger partial charge on any atom is -0.455 e. The molecule has 1 heterocycles. The molecule has 1 saturated heterocycles. The van der Waals surface area contributed by atoms with E-state index >= 15 is 0 Å². The number of halogens is 1. The van der Waals surface area contributed by atoms with Crippen molar-refractivity contribution in [1.29, 1.82) is 0 Å². The molecular weight excluding hydrogens is 395 g/mol. The lowest BCUT2D eigenvalue weighted by Crippen LogP contribution is -2.31. The van der Waals surface area contributed by atoms with Gasteiger partial charge in [-0.3, -0.25) is 14.4 Å². The number of hydrogen-bond donors (Lipinski definition) is 1. The van der Waals surface area contributed by atoms with Crippen molar-refractivity contribution in [2.75, 3.05) is 24.3 Å². The van der Waals surface area contributed by atoms with Gasteiger partial charge in [0.15, 0.2) is 6.61 Å². The Morgan fingerprint density at radius 3 is 2.72 bits per heavy atom. The molecule has 2 aromatic rings. The van der Waals surface area contributed by atoms with Gasteiger partial charge in [-0.05, 0) is 42.2 Å². The molecule has 0 aromatic heterocycles. The number of carbonyl (C=O) groups excluding carboxylic acids is 3. The van der Waals surface area contributed by atoms with Crippen LogP contribution in [0.5, 0.6) is 0 Å². The predicted octanol–water partition coefficient (Wildman–Crippen LogP) is 2.76. The minimum absolute atomic E-state index is 0.0551. The van der Waals surface area contributed by atoms with Crippen LogP contribution in [0, 0.1) is 11.7 Å². The first-order valence-electron chi connectivity index (χ1n) is 9.08. The van der Waals surface area contributed by atoms with Crippen LogP contribution < -0.4 is 10.2 Å². The molecule has 3 rings (SSSR count). The molecule has 0 bridgehead atoms. The fraction of sp³-hybridized carbons (Fsp3) is 0.286. The predicted molar refractivity (Wildman–Crippen MR) is 108 cm³/mol. The summed E-state index contributed by atoms with van der Waals surface area (Å²) < 4.78 is 17.9. The van der Waals surface area contributed by atoms with Crippen molar-refractivity contribution in [3.8, 4) is 0 Å². The zero-order valence-electron chi connectivity index (χ0n) is 15.9. The number of thioether (sulfide) groups is 1. The van der Waals surface area contributed by atoms with Crippen LogP contribution in [-0.2, 0) is 25.7 Å². The van der Waals surface area contributed by atoms with E-state index in [0.29, 0.717) is 0 Å². The number of esters is 1. The van der Waals surface area contributed by atoms with Crippen LogP contribution in [0.3, 0.4) is 0 Å². The molecule has 1 fully saturated rings. The normalized spacial score (nSPS) is 16.0. The van der Waals surface area contributed by atoms with Gasteiger partial charge in [-0.1, -0.05) is 18.2 Å². The highest BCUT2D eigenvalue weighted by atomic mass is 32.2. The molecule has 2 amide bonds. The van der Waals surface area contributed by atoms with Crippen molar-refractivity contribution < 1.29 is 23.5 Å². The van der Waals surface area contributed by atoms with Gasteiger partial charge in [-0.2, -0.15) is 0 Å². The largest absolute Gasteiger partial charge is 0.455 e. The highest BCUT2D eigenvalue weighted by Gasteiger charge is 2.36. The van der Waals surface area contributed by atoms with Gasteiger partial charge in [-0.25, -0.2) is 4.39 Å². The summed E-state index contributed by atoms with van der Waals surface area (Å²) in [6.45, 7) is 0.0114. The van der Waals surface area contributed by atoms with Crippen LogP contribution in [0.4, 0.5) is 10.1 Å². The molecule has 152 valence electrons. The van der Waals surface area contributed by atoms with E-state index in [9.17, 15) is 18.8 Å². The summed E-state index contributed by atoms with van der Waals surface area (Å²) in [6, 6.07) is 13.3. The highest BCUT2D eigenvalue weighted by molar-refractivity contribution is 7.98. The summed E-state index contributed by atoms with van der Waals surface area (Å²) in [5, 5.41) is 2.60. The molecule has 0 aliphatic carbocycles. The summed E-state index contributed by atoms with van der Waals surface area (Å²) in [5.41, 5.74) is 1.48. The Morgan fingerprint density at radius 1 is 1.24 bits per heavy atom. The first kappa shape index (κ1) is 20.9. The molecule has 0 radical (unpaired) electrons. The summed E-state index contributed by atoms with van der Waals surface area (Å²) >= 11 is 1.57. The second-order valence-corrected chi connectivity index (χ2v) is 7.50. The molecule has 1 N–H and O–H groups in total. The van der Waals surface area contributed by atoms with Gasteiger partial charge in [0, 0.05) is 30.1 Å². The number of carbonyl (C=O) groups is 3. The quantitative estimate of drug-likeness (QED) is 0.555. The number of benzene rings is 2. The third kappa shape index (κ3) is 5.57. The van der Waals surface area contributed by atoms with Crippen LogP contribution in [0.1, 0.15) is 12.0 Å². The third-order valence-corrected chi connectivity index (χ3v) is 5.30. The topological polar surface area (TPSA) is 75.7 Å². The first-order chi connectivity index (χ1) is 14.0. The Kier molecular flexibility index (Phi) is 6.87. The molecule has 1 aliphatic heterocycles. The van der Waals surface area contributed by atoms with Gasteiger partial charge in [-0.15, -0.1) is 11.8 Å². The SMILES string of the molecule is CSc1cccc(N2C[C@@H](C(=O)OCC(=O)NCc3ccc(F)cc3)CC2=O)c1. The third-order valence-electron chi connectivity index (χ3n) is 4.57. The van der Waals surface area contributed by atoms with E-state index in [1.54, 1.807) is 28.8 Å². The Morgan fingerprint density at radius 2 is 2.00 bits per heavy atom. The van der Waals surface area contributed by atoms with Crippen molar-refractivity contribution in [3.63, 3.8) is 0 Å². The Hall–Kier alpha value is -2.87. The molecule has 6 nitrogen and oxygen atoms in total. The highest BCUT2D eigenvalue weighted by Crippen LogP contribution is 2.28. The van der Waals surface area contributed by atoms with E-state index in [2.05, 4.69) is 5.32 Å². The zero-order chi connectivity index (χ0) is 20.8. The number of ether oxygens (including phenoxy) is 1. The fourth-order valence-corrected chi connectivity index (χ4v) is 3.46. The number of nitrogens with zero attached hydrogens (tertiary/aromatic N) is 1. The Labute approximate surface area is 172 Å². The maximum atomic E-state index is 12.9. The van der Waals surface area contributed by atoms with Crippen molar-refractivity contribution in [3.05, 3.63) is 59.9 Å². The lowest BCUT2D eigenvalue weighted by Gasteiger charge is -2.17. The number of nitrogens with one attached hydrogen (secondary N) is 1. The monoisotopic (exact) mass is 416 g/mol. The van der Waals surface area contributed by atoms with Crippen molar-refractivity contribution in [2.45, 2.75) is 17.9 Å². The van der Waals surface area contributed by atoms with Crippen LogP contribution in [0.15, 0.2) is 53.4 Å². The molecule has 29 heavy (non-hydrogen) atoms. The molecular formula is C21H21FN2O4S. The maximum absolute atomic E-state index is 12.9. The molecule has 0 saturated carbocycles. The van der Waals surface area contributed by atoms with Gasteiger partial charge >= 0.3 is 5.97 Å². The van der Waals surface area contributed by atoms with Gasteiger partial charge in [0.2, 0.25) is 5.91 Å². The summed E-state index contributed by atoms with van der Waals surface area (Å²) in [6.07, 6.45) is 2.01. The summed E-state index contributed by atoms with van der Waals surface area (Å²) in [4.78, 5) is 39.1. The van der Waals surface area contributed by atoms with E-state index in [0.717, 1.165) is 16.1 Å². The summed E-state index contributed by atoms with van der Waals surface area (Å²) in [7, 11) is 0. The van der Waals surface area contributed by atoms with Crippen LogP contribution in [-0.4, -0.2) is 37.2 Å². The average Bonchev–Trinajstić information content (AvgIpc) is 3.13. The number of anilines is 1. The van der Waals surface area contributed by atoms with E-state index in [1.807, 2.05) is 30.5 Å². The second-order valence-electron chi connectivity index (χ2n) is 6.62. The second kappa shape index (κ2) is 9.56.